The summed E-state index contributed by atoms with van der Waals surface area (Å²) in [7, 11) is 0. The van der Waals surface area contributed by atoms with Gasteiger partial charge < -0.3 is 4.57 Å². The monoisotopic (exact) mass is 598 g/mol. The summed E-state index contributed by atoms with van der Waals surface area (Å²) in [5.41, 5.74) is 5.11. The first kappa shape index (κ1) is 16.1. The summed E-state index contributed by atoms with van der Waals surface area (Å²) in [5, 5.41) is 0.389. The molecule has 0 N–H and O–H groups in total. The maximum absolute atomic E-state index is 9.67. The van der Waals surface area contributed by atoms with Crippen molar-refractivity contribution in [3.63, 3.8) is 0 Å². The molecule has 0 aliphatic heterocycles. The van der Waals surface area contributed by atoms with Crippen molar-refractivity contribution in [2.45, 2.75) is 19.3 Å². The van der Waals surface area contributed by atoms with Gasteiger partial charge in [-0.3, -0.25) is 0 Å². The van der Waals surface area contributed by atoms with Crippen molar-refractivity contribution in [1.29, 1.82) is 0 Å². The van der Waals surface area contributed by atoms with E-state index in [1.807, 2.05) is 60.7 Å². The predicted molar refractivity (Wildman–Crippen MR) is 195 cm³/mol. The van der Waals surface area contributed by atoms with Gasteiger partial charge in [0.25, 0.3) is 0 Å². The molecule has 8 aromatic carbocycles. The highest BCUT2D eigenvalue weighted by atomic mass is 15.0. The molecule has 0 unspecified atom stereocenters. The quantitative estimate of drug-likeness (QED) is 0.178. The molecule has 1 heterocycles. The van der Waals surface area contributed by atoms with E-state index < -0.39 is 83.5 Å². The molecule has 1 aromatic heterocycles. The van der Waals surface area contributed by atoms with Crippen molar-refractivity contribution < 1.29 is 17.8 Å². The second-order valence-corrected chi connectivity index (χ2v) is 12.3. The number of hydrogen-bond donors (Lipinski definition) is 0. The summed E-state index contributed by atoms with van der Waals surface area (Å²) in [6.45, 7) is 4.34. The first-order valence-corrected chi connectivity index (χ1v) is 15.2. The third-order valence-corrected chi connectivity index (χ3v) is 9.50. The number of hydrogen-bond acceptors (Lipinski definition) is 0. The summed E-state index contributed by atoms with van der Waals surface area (Å²) >= 11 is 0. The smallest absolute Gasteiger partial charge is 0.0630 e. The molecule has 10 rings (SSSR count). The van der Waals surface area contributed by atoms with Crippen LogP contribution in [0.2, 0.25) is 0 Å². The lowest BCUT2D eigenvalue weighted by Gasteiger charge is -2.22. The molecule has 216 valence electrons. The molecule has 1 aliphatic carbocycles. The Morgan fingerprint density at radius 1 is 0.522 bits per heavy atom. The Bertz CT molecular complexity index is 3360. The first-order valence-electron chi connectivity index (χ1n) is 21.7. The van der Waals surface area contributed by atoms with E-state index in [2.05, 4.69) is 30.5 Å². The lowest BCUT2D eigenvalue weighted by atomic mass is 9.81. The summed E-state index contributed by atoms with van der Waals surface area (Å²) in [5.74, 6) is 0. The second-order valence-electron chi connectivity index (χ2n) is 12.3. The molecule has 0 radical (unpaired) electrons. The molecule has 0 fully saturated rings. The zero-order valence-electron chi connectivity index (χ0n) is 37.9. The minimum atomic E-state index is -0.688. The predicted octanol–water partition coefficient (Wildman–Crippen LogP) is 12.2. The Kier molecular flexibility index (Phi) is 3.21. The van der Waals surface area contributed by atoms with Gasteiger partial charge in [-0.15, -0.1) is 0 Å². The van der Waals surface area contributed by atoms with Gasteiger partial charge in [-0.05, 0) is 72.3 Å². The number of nitrogens with zero attached hydrogens (tertiary/aromatic N) is 1. The van der Waals surface area contributed by atoms with Gasteiger partial charge in [0, 0.05) is 27.6 Å². The number of fused-ring (bicyclic) bond motifs is 5. The van der Waals surface area contributed by atoms with Gasteiger partial charge in [-0.1, -0.05) is 153 Å². The van der Waals surface area contributed by atoms with Gasteiger partial charge in [0.2, 0.25) is 0 Å². The van der Waals surface area contributed by atoms with Crippen LogP contribution >= 0.6 is 0 Å². The van der Waals surface area contributed by atoms with Gasteiger partial charge in [-0.2, -0.15) is 0 Å². The Labute approximate surface area is 286 Å². The highest BCUT2D eigenvalue weighted by Gasteiger charge is 2.41. The van der Waals surface area contributed by atoms with E-state index in [1.165, 1.54) is 0 Å². The van der Waals surface area contributed by atoms with E-state index in [9.17, 15) is 11.0 Å². The van der Waals surface area contributed by atoms with Gasteiger partial charge in [0.1, 0.15) is 0 Å². The first-order chi connectivity index (χ1) is 28.0. The second kappa shape index (κ2) is 9.19. The maximum atomic E-state index is 9.67. The van der Waals surface area contributed by atoms with Gasteiger partial charge in [0.05, 0.1) is 29.0 Å². The van der Waals surface area contributed by atoms with Crippen molar-refractivity contribution in [3.05, 3.63) is 162 Å². The highest BCUT2D eigenvalue weighted by molar-refractivity contribution is 6.28. The lowest BCUT2D eigenvalue weighted by Crippen LogP contribution is -2.14. The molecular weight excluding hydrogens is 555 g/mol. The standard InChI is InChI=1S/C45H31N/c1-45(2)39-19-10-9-16-37(39)44-42(45)38-18-11-17-36(43(38)46(44)31-14-7-4-8-15-31)33-25-21-30-22-26-34-32(28-12-5-3-6-13-28)24-20-29-23-27-35(33)41(30)40(29)34/h3-27H,1-2H3/i3D,5D,6D,12D,13D,20D,21D,22D,23D,24D,25D,26D,27D. The highest BCUT2D eigenvalue weighted by Crippen LogP contribution is 2.55. The minimum absolute atomic E-state index is 0.0160. The van der Waals surface area contributed by atoms with E-state index in [-0.39, 0.29) is 49.5 Å². The van der Waals surface area contributed by atoms with Crippen LogP contribution < -0.4 is 0 Å². The van der Waals surface area contributed by atoms with E-state index in [4.69, 9.17) is 6.85 Å². The maximum Gasteiger partial charge on any atom is 0.0630 e. The van der Waals surface area contributed by atoms with Crippen LogP contribution in [0.4, 0.5) is 0 Å². The van der Waals surface area contributed by atoms with E-state index in [0.29, 0.717) is 11.1 Å². The van der Waals surface area contributed by atoms with Crippen LogP contribution in [0.3, 0.4) is 0 Å². The molecule has 0 atom stereocenters. The van der Waals surface area contributed by atoms with Crippen LogP contribution in [0.5, 0.6) is 0 Å². The van der Waals surface area contributed by atoms with Crippen LogP contribution in [0.15, 0.2) is 151 Å². The molecule has 1 aliphatic rings. The molecule has 0 amide bonds. The fraction of sp³-hybridized carbons (Fsp3) is 0.0667. The molecule has 0 saturated carbocycles. The molecule has 0 saturated heterocycles. The van der Waals surface area contributed by atoms with Crippen molar-refractivity contribution >= 4 is 43.2 Å². The fourth-order valence-corrected chi connectivity index (χ4v) is 7.58. The van der Waals surface area contributed by atoms with Gasteiger partial charge >= 0.3 is 0 Å². The Balaban J connectivity index is 1.46. The SMILES string of the molecule is [2H]c1c([2H])c([2H])c(-c2c([2H])c([2H])c3c([2H])c([2H])c4c(-c5cccc6c7c(n(-c8ccccc8)c56)-c5ccccc5C7(C)C)c([2H])c([2H])c5c([2H])c([2H])c2c3c54)c([2H])c1[2H]. The van der Waals surface area contributed by atoms with Crippen LogP contribution in [0.1, 0.15) is 42.8 Å². The van der Waals surface area contributed by atoms with Crippen LogP contribution in [0.25, 0.3) is 82.4 Å². The largest absolute Gasteiger partial charge is 0.308 e. The summed E-state index contributed by atoms with van der Waals surface area (Å²) < 4.78 is 120. The number of rotatable bonds is 3. The van der Waals surface area contributed by atoms with Crippen LogP contribution in [-0.4, -0.2) is 4.57 Å². The molecule has 1 nitrogen and oxygen atoms in total. The third-order valence-electron chi connectivity index (χ3n) is 9.50. The van der Waals surface area contributed by atoms with Crippen molar-refractivity contribution in [1.82, 2.24) is 4.57 Å². The lowest BCUT2D eigenvalue weighted by molar-refractivity contribution is 0.666. The third kappa shape index (κ3) is 3.30. The van der Waals surface area contributed by atoms with Crippen molar-refractivity contribution in [3.8, 4) is 39.2 Å². The Hall–Kier alpha value is -5.66. The number of para-hydroxylation sites is 2. The zero-order valence-corrected chi connectivity index (χ0v) is 24.9. The Morgan fingerprint density at radius 2 is 1.15 bits per heavy atom. The zero-order chi connectivity index (χ0) is 41.9. The van der Waals surface area contributed by atoms with E-state index >= 15 is 0 Å². The number of benzene rings is 8. The minimum Gasteiger partial charge on any atom is -0.308 e. The number of aromatic nitrogens is 1. The normalized spacial score (nSPS) is 17.6. The summed E-state index contributed by atoms with van der Waals surface area (Å²) in [4.78, 5) is 0. The Morgan fingerprint density at radius 3 is 1.91 bits per heavy atom. The molecule has 0 spiro atoms. The molecule has 0 bridgehead atoms. The van der Waals surface area contributed by atoms with Crippen LogP contribution in [-0.2, 0) is 5.41 Å². The van der Waals surface area contributed by atoms with Gasteiger partial charge in [0.15, 0.2) is 0 Å². The van der Waals surface area contributed by atoms with E-state index in [1.54, 1.807) is 0 Å². The van der Waals surface area contributed by atoms with E-state index in [0.717, 1.165) is 33.5 Å². The average molecular weight is 599 g/mol. The van der Waals surface area contributed by atoms with Crippen LogP contribution in [0, 0.1) is 0 Å². The topological polar surface area (TPSA) is 4.93 Å². The van der Waals surface area contributed by atoms with Crippen molar-refractivity contribution in [2.75, 3.05) is 0 Å². The summed E-state index contributed by atoms with van der Waals surface area (Å²) in [6, 6.07) is 16.4. The van der Waals surface area contributed by atoms with Gasteiger partial charge in [-0.25, -0.2) is 0 Å². The molecule has 46 heavy (non-hydrogen) atoms. The molecular formula is C45H31N. The molecule has 9 aromatic rings. The average Bonchev–Trinajstić information content (AvgIpc) is 3.70. The van der Waals surface area contributed by atoms with Crippen molar-refractivity contribution in [2.24, 2.45) is 0 Å². The summed E-state index contributed by atoms with van der Waals surface area (Å²) in [6.07, 6.45) is 0. The molecule has 1 heteroatoms. The fourth-order valence-electron chi connectivity index (χ4n) is 7.58.